The van der Waals surface area contributed by atoms with Gasteiger partial charge in [0, 0.05) is 0 Å². The van der Waals surface area contributed by atoms with Gasteiger partial charge in [0.15, 0.2) is 0 Å². The molecule has 0 bridgehead atoms. The van der Waals surface area contributed by atoms with Gasteiger partial charge in [-0.05, 0) is 38.9 Å². The van der Waals surface area contributed by atoms with Crippen molar-refractivity contribution >= 4 is 8.24 Å². The van der Waals surface area contributed by atoms with Crippen molar-refractivity contribution in [3.05, 3.63) is 11.8 Å². The van der Waals surface area contributed by atoms with Crippen molar-refractivity contribution in [3.63, 3.8) is 0 Å². The smallest absolute Gasteiger partial charge is 0.149 e. The highest BCUT2D eigenvalue weighted by molar-refractivity contribution is 6.80. The molecule has 0 aromatic carbocycles. The van der Waals surface area contributed by atoms with Crippen molar-refractivity contribution in [2.45, 2.75) is 52.1 Å². The van der Waals surface area contributed by atoms with Crippen LogP contribution in [-0.4, -0.2) is 25.9 Å². The Bertz CT molecular complexity index is 185. The van der Waals surface area contributed by atoms with E-state index in [9.17, 15) is 0 Å². The summed E-state index contributed by atoms with van der Waals surface area (Å²) in [6, 6.07) is 1.43. The fourth-order valence-electron chi connectivity index (χ4n) is 2.62. The average molecular weight is 211 g/mol. The summed E-state index contributed by atoms with van der Waals surface area (Å²) in [5.41, 5.74) is 2.53. The fourth-order valence-corrected chi connectivity index (χ4v) is 6.38. The van der Waals surface area contributed by atoms with Gasteiger partial charge in [-0.15, -0.1) is 0 Å². The van der Waals surface area contributed by atoms with Crippen LogP contribution >= 0.6 is 0 Å². The highest BCUT2D eigenvalue weighted by atomic mass is 28.3. The van der Waals surface area contributed by atoms with Gasteiger partial charge in [-0.1, -0.05) is 38.1 Å². The van der Waals surface area contributed by atoms with Crippen LogP contribution in [0.2, 0.25) is 12.6 Å². The monoisotopic (exact) mass is 211 g/mol. The molecule has 1 heterocycles. The molecule has 1 unspecified atom stereocenters. The van der Waals surface area contributed by atoms with E-state index in [4.69, 9.17) is 0 Å². The molecule has 0 saturated carbocycles. The minimum Gasteiger partial charge on any atom is -0.320 e. The van der Waals surface area contributed by atoms with Crippen molar-refractivity contribution in [2.24, 2.45) is 0 Å². The van der Waals surface area contributed by atoms with E-state index in [1.165, 1.54) is 44.8 Å². The van der Waals surface area contributed by atoms with Crippen LogP contribution in [0.1, 0.15) is 39.5 Å². The standard InChI is InChI=1S/C12H25NSi/c1-4-11-14(3,12-5-2)13-9-7-6-8-10-13/h4,11H,5-10,12H2,1-3H3. The van der Waals surface area contributed by atoms with Crippen LogP contribution in [0.15, 0.2) is 11.8 Å². The lowest BCUT2D eigenvalue weighted by Gasteiger charge is -2.40. The van der Waals surface area contributed by atoms with Gasteiger partial charge in [-0.2, -0.15) is 0 Å². The molecule has 0 aromatic heterocycles. The van der Waals surface area contributed by atoms with E-state index in [-0.39, 0.29) is 0 Å². The van der Waals surface area contributed by atoms with E-state index in [1.54, 1.807) is 0 Å². The van der Waals surface area contributed by atoms with Crippen LogP contribution in [0.4, 0.5) is 0 Å². The summed E-state index contributed by atoms with van der Waals surface area (Å²) in [4.78, 5) is 0. The first kappa shape index (κ1) is 12.0. The lowest BCUT2D eigenvalue weighted by atomic mass is 10.2. The molecule has 14 heavy (non-hydrogen) atoms. The molecule has 1 aliphatic rings. The van der Waals surface area contributed by atoms with E-state index in [1.807, 2.05) is 0 Å². The van der Waals surface area contributed by atoms with Gasteiger partial charge in [0.2, 0.25) is 0 Å². The maximum absolute atomic E-state index is 2.81. The third-order valence-corrected chi connectivity index (χ3v) is 7.82. The molecule has 0 radical (unpaired) electrons. The first-order valence-corrected chi connectivity index (χ1v) is 8.85. The highest BCUT2D eigenvalue weighted by Crippen LogP contribution is 2.23. The number of hydrogen-bond acceptors (Lipinski definition) is 1. The largest absolute Gasteiger partial charge is 0.320 e. The van der Waals surface area contributed by atoms with Crippen molar-refractivity contribution in [1.82, 2.24) is 4.57 Å². The average Bonchev–Trinajstić information content (AvgIpc) is 2.20. The van der Waals surface area contributed by atoms with E-state index >= 15 is 0 Å². The Labute approximate surface area is 90.3 Å². The molecular formula is C12H25NSi. The summed E-state index contributed by atoms with van der Waals surface area (Å²) < 4.78 is 2.81. The fraction of sp³-hybridized carbons (Fsp3) is 0.833. The first-order valence-electron chi connectivity index (χ1n) is 6.12. The van der Waals surface area contributed by atoms with Gasteiger partial charge in [0.25, 0.3) is 0 Å². The second-order valence-corrected chi connectivity index (χ2v) is 8.84. The van der Waals surface area contributed by atoms with Crippen LogP contribution in [0.25, 0.3) is 0 Å². The predicted molar refractivity (Wildman–Crippen MR) is 67.0 cm³/mol. The number of piperidine rings is 1. The molecule has 1 fully saturated rings. The molecule has 0 aliphatic carbocycles. The molecule has 0 spiro atoms. The molecule has 1 saturated heterocycles. The lowest BCUT2D eigenvalue weighted by molar-refractivity contribution is 0.344. The molecule has 0 N–H and O–H groups in total. The van der Waals surface area contributed by atoms with E-state index < -0.39 is 8.24 Å². The summed E-state index contributed by atoms with van der Waals surface area (Å²) in [7, 11) is -1.20. The van der Waals surface area contributed by atoms with Gasteiger partial charge >= 0.3 is 0 Å². The van der Waals surface area contributed by atoms with Gasteiger partial charge in [-0.3, -0.25) is 0 Å². The second kappa shape index (κ2) is 5.71. The summed E-state index contributed by atoms with van der Waals surface area (Å²) in [6.07, 6.45) is 7.90. The maximum atomic E-state index is 2.81. The Balaban J connectivity index is 2.63. The van der Waals surface area contributed by atoms with E-state index in [0.717, 1.165) is 0 Å². The number of rotatable bonds is 4. The molecule has 0 amide bonds. The zero-order valence-electron chi connectivity index (χ0n) is 10.1. The summed E-state index contributed by atoms with van der Waals surface area (Å²) in [5, 5.41) is 0. The van der Waals surface area contributed by atoms with Crippen LogP contribution in [0.5, 0.6) is 0 Å². The quantitative estimate of drug-likeness (QED) is 0.643. The van der Waals surface area contributed by atoms with E-state index in [0.29, 0.717) is 0 Å². The van der Waals surface area contributed by atoms with Gasteiger partial charge < -0.3 is 4.57 Å². The van der Waals surface area contributed by atoms with Crippen molar-refractivity contribution in [1.29, 1.82) is 0 Å². The normalized spacial score (nSPS) is 23.9. The topological polar surface area (TPSA) is 3.24 Å². The van der Waals surface area contributed by atoms with Crippen LogP contribution in [0, 0.1) is 0 Å². The van der Waals surface area contributed by atoms with Gasteiger partial charge in [-0.25, -0.2) is 0 Å². The lowest BCUT2D eigenvalue weighted by Crippen LogP contribution is -2.52. The van der Waals surface area contributed by atoms with Crippen molar-refractivity contribution < 1.29 is 0 Å². The van der Waals surface area contributed by atoms with Gasteiger partial charge in [0.05, 0.1) is 0 Å². The number of nitrogens with zero attached hydrogens (tertiary/aromatic N) is 1. The molecule has 1 rings (SSSR count). The second-order valence-electron chi connectivity index (χ2n) is 4.65. The SMILES string of the molecule is CC=C[Si](C)(CCC)N1CCCCC1. The van der Waals surface area contributed by atoms with Crippen molar-refractivity contribution in [3.8, 4) is 0 Å². The zero-order valence-corrected chi connectivity index (χ0v) is 11.1. The maximum Gasteiger partial charge on any atom is 0.149 e. The molecule has 1 nitrogen and oxygen atoms in total. The zero-order chi connectivity index (χ0) is 10.4. The summed E-state index contributed by atoms with van der Waals surface area (Å²) in [5.74, 6) is 0. The third-order valence-electron chi connectivity index (χ3n) is 3.36. The summed E-state index contributed by atoms with van der Waals surface area (Å²) >= 11 is 0. The van der Waals surface area contributed by atoms with Crippen molar-refractivity contribution in [2.75, 3.05) is 13.1 Å². The van der Waals surface area contributed by atoms with Crippen LogP contribution < -0.4 is 0 Å². The number of hydrogen-bond donors (Lipinski definition) is 0. The molecule has 1 atom stereocenters. The Hall–Kier alpha value is -0.0831. The minimum atomic E-state index is -1.20. The van der Waals surface area contributed by atoms with Crippen LogP contribution in [-0.2, 0) is 0 Å². The van der Waals surface area contributed by atoms with Gasteiger partial charge in [0.1, 0.15) is 8.24 Å². The Kier molecular flexibility index (Phi) is 4.89. The Morgan fingerprint density at radius 3 is 2.36 bits per heavy atom. The molecular weight excluding hydrogens is 186 g/mol. The molecule has 0 aromatic rings. The van der Waals surface area contributed by atoms with E-state index in [2.05, 4.69) is 36.7 Å². The minimum absolute atomic E-state index is 1.20. The molecule has 1 aliphatic heterocycles. The first-order chi connectivity index (χ1) is 6.73. The third kappa shape index (κ3) is 2.96. The summed E-state index contributed by atoms with van der Waals surface area (Å²) in [6.45, 7) is 9.73. The van der Waals surface area contributed by atoms with Crippen LogP contribution in [0.3, 0.4) is 0 Å². The number of allylic oxidation sites excluding steroid dienone is 1. The highest BCUT2D eigenvalue weighted by Gasteiger charge is 2.31. The molecule has 82 valence electrons. The molecule has 2 heteroatoms. The Morgan fingerprint density at radius 1 is 1.21 bits per heavy atom. The Morgan fingerprint density at radius 2 is 1.86 bits per heavy atom. The predicted octanol–water partition coefficient (Wildman–Crippen LogP) is 3.57.